The molecule has 4 rings (SSSR count). The van der Waals surface area contributed by atoms with E-state index in [9.17, 15) is 9.59 Å². The van der Waals surface area contributed by atoms with Gasteiger partial charge in [0.1, 0.15) is 11.4 Å². The topological polar surface area (TPSA) is 49.9 Å². The van der Waals surface area contributed by atoms with E-state index in [1.165, 1.54) is 12.0 Å². The number of nitrogens with zero attached hydrogens (tertiary/aromatic N) is 2. The van der Waals surface area contributed by atoms with Crippen LogP contribution < -0.4 is 9.64 Å². The van der Waals surface area contributed by atoms with Crippen LogP contribution in [0.15, 0.2) is 42.1 Å². The third-order valence-corrected chi connectivity index (χ3v) is 5.97. The molecule has 1 fully saturated rings. The third kappa shape index (κ3) is 3.29. The lowest BCUT2D eigenvalue weighted by Gasteiger charge is -2.20. The Balaban J connectivity index is 1.83. The number of anilines is 1. The molecule has 0 radical (unpaired) electrons. The maximum absolute atomic E-state index is 13.5. The highest BCUT2D eigenvalue weighted by molar-refractivity contribution is 6.45. The van der Waals surface area contributed by atoms with Gasteiger partial charge in [0.2, 0.25) is 0 Å². The van der Waals surface area contributed by atoms with Crippen LogP contribution >= 0.6 is 11.6 Å². The summed E-state index contributed by atoms with van der Waals surface area (Å²) >= 11 is 6.26. The van der Waals surface area contributed by atoms with Crippen LogP contribution in [-0.4, -0.2) is 36.9 Å². The van der Waals surface area contributed by atoms with Crippen molar-refractivity contribution in [2.24, 2.45) is 0 Å². The Labute approximate surface area is 175 Å². The van der Waals surface area contributed by atoms with E-state index in [0.29, 0.717) is 27.7 Å². The van der Waals surface area contributed by atoms with Gasteiger partial charge in [-0.3, -0.25) is 9.59 Å². The van der Waals surface area contributed by atoms with E-state index in [1.54, 1.807) is 18.2 Å². The van der Waals surface area contributed by atoms with E-state index in [2.05, 4.69) is 0 Å². The number of carbonyl (C=O) groups excluding carboxylic acids is 2. The quantitative estimate of drug-likeness (QED) is 0.703. The van der Waals surface area contributed by atoms with Crippen molar-refractivity contribution in [1.82, 2.24) is 4.90 Å². The molecule has 0 aromatic heterocycles. The maximum Gasteiger partial charge on any atom is 0.282 e. The number of hydrogen-bond donors (Lipinski definition) is 0. The van der Waals surface area contributed by atoms with E-state index >= 15 is 0 Å². The molecule has 2 aliphatic heterocycles. The zero-order valence-corrected chi connectivity index (χ0v) is 17.5. The molecule has 150 valence electrons. The van der Waals surface area contributed by atoms with E-state index in [0.717, 1.165) is 42.6 Å². The number of benzene rings is 2. The average molecular weight is 411 g/mol. The van der Waals surface area contributed by atoms with Gasteiger partial charge in [-0.15, -0.1) is 0 Å². The molecule has 0 N–H and O–H groups in total. The third-order valence-electron chi connectivity index (χ3n) is 5.67. The van der Waals surface area contributed by atoms with Crippen molar-refractivity contribution in [1.29, 1.82) is 0 Å². The second-order valence-corrected chi connectivity index (χ2v) is 7.89. The Hall–Kier alpha value is -2.79. The molecule has 0 spiro atoms. The summed E-state index contributed by atoms with van der Waals surface area (Å²) in [7, 11) is 1.53. The standard InChI is InChI=1S/C23H23ClN2O3/c1-14-6-7-16(12-15(14)2)20-21(25-10-4-5-11-25)23(28)26(22(20)27)17-8-9-19(29-3)18(24)13-17/h6-9,12-13H,4-5,10-11H2,1-3H3. The lowest BCUT2D eigenvalue weighted by molar-refractivity contribution is -0.120. The monoisotopic (exact) mass is 410 g/mol. The van der Waals surface area contributed by atoms with Gasteiger partial charge in [0.05, 0.1) is 23.4 Å². The van der Waals surface area contributed by atoms with Gasteiger partial charge in [-0.05, 0) is 61.6 Å². The Kier molecular flexibility index (Phi) is 5.09. The van der Waals surface area contributed by atoms with Gasteiger partial charge in [0.15, 0.2) is 0 Å². The van der Waals surface area contributed by atoms with Crippen LogP contribution in [-0.2, 0) is 9.59 Å². The van der Waals surface area contributed by atoms with E-state index in [4.69, 9.17) is 16.3 Å². The molecule has 0 bridgehead atoms. The zero-order chi connectivity index (χ0) is 20.7. The van der Waals surface area contributed by atoms with Crippen LogP contribution in [0, 0.1) is 13.8 Å². The summed E-state index contributed by atoms with van der Waals surface area (Å²) in [5, 5.41) is 0.355. The van der Waals surface area contributed by atoms with Crippen molar-refractivity contribution >= 4 is 34.7 Å². The maximum atomic E-state index is 13.5. The molecule has 2 aliphatic rings. The molecule has 6 heteroatoms. The van der Waals surface area contributed by atoms with Crippen LogP contribution in [0.3, 0.4) is 0 Å². The summed E-state index contributed by atoms with van der Waals surface area (Å²) in [5.41, 5.74) is 4.40. The van der Waals surface area contributed by atoms with Crippen molar-refractivity contribution in [3.05, 3.63) is 63.8 Å². The van der Waals surface area contributed by atoms with E-state index in [-0.39, 0.29) is 11.8 Å². The van der Waals surface area contributed by atoms with Gasteiger partial charge in [0, 0.05) is 13.1 Å². The smallest absolute Gasteiger partial charge is 0.282 e. The minimum absolute atomic E-state index is 0.300. The SMILES string of the molecule is COc1ccc(N2C(=O)C(c3ccc(C)c(C)c3)=C(N3CCCC3)C2=O)cc1Cl. The summed E-state index contributed by atoms with van der Waals surface area (Å²) in [5.74, 6) is -0.121. The van der Waals surface area contributed by atoms with Gasteiger partial charge in [-0.2, -0.15) is 0 Å². The molecule has 2 heterocycles. The minimum Gasteiger partial charge on any atom is -0.495 e. The highest BCUT2D eigenvalue weighted by Crippen LogP contribution is 2.38. The fraction of sp³-hybridized carbons (Fsp3) is 0.304. The first-order valence-electron chi connectivity index (χ1n) is 9.71. The van der Waals surface area contributed by atoms with Gasteiger partial charge < -0.3 is 9.64 Å². The predicted octanol–water partition coefficient (Wildman–Crippen LogP) is 4.35. The van der Waals surface area contributed by atoms with Crippen molar-refractivity contribution in [2.75, 3.05) is 25.1 Å². The summed E-state index contributed by atoms with van der Waals surface area (Å²) in [6.07, 6.45) is 2.03. The molecular weight excluding hydrogens is 388 g/mol. The molecule has 29 heavy (non-hydrogen) atoms. The minimum atomic E-state index is -0.318. The molecule has 2 aromatic carbocycles. The van der Waals surface area contributed by atoms with Crippen LogP contribution in [0.1, 0.15) is 29.5 Å². The molecule has 0 saturated carbocycles. The summed E-state index contributed by atoms with van der Waals surface area (Å²) in [4.78, 5) is 30.2. The lowest BCUT2D eigenvalue weighted by Crippen LogP contribution is -2.34. The Bertz CT molecular complexity index is 1040. The van der Waals surface area contributed by atoms with Crippen LogP contribution in [0.25, 0.3) is 5.57 Å². The molecule has 0 unspecified atom stereocenters. The van der Waals surface area contributed by atoms with E-state index in [1.807, 2.05) is 36.9 Å². The molecule has 2 amide bonds. The number of rotatable bonds is 4. The Morgan fingerprint density at radius 2 is 1.66 bits per heavy atom. The second-order valence-electron chi connectivity index (χ2n) is 7.48. The molecule has 0 atom stereocenters. The highest BCUT2D eigenvalue weighted by atomic mass is 35.5. The van der Waals surface area contributed by atoms with Gasteiger partial charge in [-0.25, -0.2) is 4.90 Å². The molecule has 0 aliphatic carbocycles. The Morgan fingerprint density at radius 3 is 2.28 bits per heavy atom. The van der Waals surface area contributed by atoms with Crippen molar-refractivity contribution in [3.63, 3.8) is 0 Å². The molecule has 2 aromatic rings. The lowest BCUT2D eigenvalue weighted by atomic mass is 9.99. The first-order valence-corrected chi connectivity index (χ1v) is 10.1. The number of hydrogen-bond acceptors (Lipinski definition) is 4. The number of likely N-dealkylation sites (tertiary alicyclic amines) is 1. The van der Waals surface area contributed by atoms with Crippen LogP contribution in [0.4, 0.5) is 5.69 Å². The van der Waals surface area contributed by atoms with Gasteiger partial charge in [0.25, 0.3) is 11.8 Å². The first kappa shape index (κ1) is 19.5. The number of methoxy groups -OCH3 is 1. The zero-order valence-electron chi connectivity index (χ0n) is 16.8. The predicted molar refractivity (Wildman–Crippen MR) is 114 cm³/mol. The van der Waals surface area contributed by atoms with Crippen molar-refractivity contribution < 1.29 is 14.3 Å². The fourth-order valence-corrected chi connectivity index (χ4v) is 4.19. The number of halogens is 1. The molecule has 5 nitrogen and oxygen atoms in total. The van der Waals surface area contributed by atoms with Gasteiger partial charge >= 0.3 is 0 Å². The molecular formula is C23H23ClN2O3. The summed E-state index contributed by atoms with van der Waals surface area (Å²) in [6.45, 7) is 5.60. The van der Waals surface area contributed by atoms with Gasteiger partial charge in [-0.1, -0.05) is 29.8 Å². The summed E-state index contributed by atoms with van der Waals surface area (Å²) in [6, 6.07) is 10.8. The fourth-order valence-electron chi connectivity index (χ4n) is 3.94. The number of ether oxygens (including phenoxy) is 1. The normalized spacial score (nSPS) is 17.0. The average Bonchev–Trinajstić information content (AvgIpc) is 3.30. The van der Waals surface area contributed by atoms with Crippen LogP contribution in [0.5, 0.6) is 5.75 Å². The van der Waals surface area contributed by atoms with Crippen molar-refractivity contribution in [3.8, 4) is 5.75 Å². The van der Waals surface area contributed by atoms with Crippen molar-refractivity contribution in [2.45, 2.75) is 26.7 Å². The number of aryl methyl sites for hydroxylation is 2. The number of amides is 2. The highest BCUT2D eigenvalue weighted by Gasteiger charge is 2.43. The number of imide groups is 1. The molecule has 1 saturated heterocycles. The summed E-state index contributed by atoms with van der Waals surface area (Å²) < 4.78 is 5.19. The number of carbonyl (C=O) groups is 2. The second kappa shape index (κ2) is 7.56. The largest absolute Gasteiger partial charge is 0.495 e. The first-order chi connectivity index (χ1) is 13.9. The van der Waals surface area contributed by atoms with E-state index < -0.39 is 0 Å². The van der Waals surface area contributed by atoms with Crippen LogP contribution in [0.2, 0.25) is 5.02 Å². The Morgan fingerprint density at radius 1 is 0.931 bits per heavy atom.